The molecule has 0 heterocycles. The highest BCUT2D eigenvalue weighted by Crippen LogP contribution is 2.18. The summed E-state index contributed by atoms with van der Waals surface area (Å²) in [5.41, 5.74) is 0. The molecule has 0 aliphatic heterocycles. The molecule has 0 aliphatic rings. The highest BCUT2D eigenvalue weighted by atomic mass is 19.4. The number of aliphatic hydroxyl groups excluding tert-OH is 1. The van der Waals surface area contributed by atoms with Gasteiger partial charge in [0.15, 0.2) is 0 Å². The SMILES string of the molecule is CCNC(CCO)CN(CC(F)(F)F)C(C)C. The molecule has 0 radical (unpaired) electrons. The molecule has 17 heavy (non-hydrogen) atoms. The fraction of sp³-hybridized carbons (Fsp3) is 1.00. The standard InChI is InChI=1S/C11H23F3N2O/c1-4-15-10(5-6-17)7-16(9(2)3)8-11(12,13)14/h9-10,15,17H,4-8H2,1-3H3. The highest BCUT2D eigenvalue weighted by Gasteiger charge is 2.32. The molecule has 0 rings (SSSR count). The van der Waals surface area contributed by atoms with Crippen LogP contribution in [0.15, 0.2) is 0 Å². The van der Waals surface area contributed by atoms with Crippen molar-refractivity contribution in [3.63, 3.8) is 0 Å². The highest BCUT2D eigenvalue weighted by molar-refractivity contribution is 4.75. The number of hydrogen-bond acceptors (Lipinski definition) is 3. The first-order valence-corrected chi connectivity index (χ1v) is 5.95. The Labute approximate surface area is 101 Å². The van der Waals surface area contributed by atoms with Crippen molar-refractivity contribution in [2.45, 2.75) is 45.5 Å². The number of nitrogens with zero attached hydrogens (tertiary/aromatic N) is 1. The Morgan fingerprint density at radius 2 is 1.88 bits per heavy atom. The van der Waals surface area contributed by atoms with Crippen LogP contribution in [-0.2, 0) is 0 Å². The summed E-state index contributed by atoms with van der Waals surface area (Å²) in [6.45, 7) is 5.44. The molecule has 0 aromatic carbocycles. The maximum Gasteiger partial charge on any atom is 0.401 e. The third-order valence-electron chi connectivity index (χ3n) is 2.54. The fourth-order valence-electron chi connectivity index (χ4n) is 1.67. The van der Waals surface area contributed by atoms with Crippen LogP contribution in [0, 0.1) is 0 Å². The summed E-state index contributed by atoms with van der Waals surface area (Å²) in [4.78, 5) is 1.38. The van der Waals surface area contributed by atoms with Crippen molar-refractivity contribution < 1.29 is 18.3 Å². The quantitative estimate of drug-likeness (QED) is 0.692. The molecule has 104 valence electrons. The largest absolute Gasteiger partial charge is 0.401 e. The number of rotatable bonds is 8. The smallest absolute Gasteiger partial charge is 0.396 e. The minimum Gasteiger partial charge on any atom is -0.396 e. The van der Waals surface area contributed by atoms with Crippen molar-refractivity contribution in [3.05, 3.63) is 0 Å². The zero-order chi connectivity index (χ0) is 13.5. The van der Waals surface area contributed by atoms with Crippen LogP contribution in [0.1, 0.15) is 27.2 Å². The van der Waals surface area contributed by atoms with E-state index in [1.807, 2.05) is 6.92 Å². The topological polar surface area (TPSA) is 35.5 Å². The lowest BCUT2D eigenvalue weighted by Gasteiger charge is -2.31. The molecule has 6 heteroatoms. The van der Waals surface area contributed by atoms with E-state index in [1.165, 1.54) is 4.90 Å². The minimum atomic E-state index is -4.18. The number of halogens is 3. The zero-order valence-corrected chi connectivity index (χ0v) is 10.7. The van der Waals surface area contributed by atoms with Gasteiger partial charge in [0.05, 0.1) is 6.54 Å². The van der Waals surface area contributed by atoms with Crippen LogP contribution in [0.2, 0.25) is 0 Å². The number of hydrogen-bond donors (Lipinski definition) is 2. The van der Waals surface area contributed by atoms with Gasteiger partial charge in [-0.15, -0.1) is 0 Å². The molecule has 1 atom stereocenters. The first-order chi connectivity index (χ1) is 7.80. The summed E-state index contributed by atoms with van der Waals surface area (Å²) < 4.78 is 37.1. The van der Waals surface area contributed by atoms with Crippen LogP contribution < -0.4 is 5.32 Å². The molecule has 0 aliphatic carbocycles. The van der Waals surface area contributed by atoms with Crippen molar-refractivity contribution in [2.24, 2.45) is 0 Å². The molecule has 2 N–H and O–H groups in total. The van der Waals surface area contributed by atoms with Crippen molar-refractivity contribution in [1.82, 2.24) is 10.2 Å². The minimum absolute atomic E-state index is 0.0182. The molecule has 0 fully saturated rings. The van der Waals surface area contributed by atoms with Crippen molar-refractivity contribution in [2.75, 3.05) is 26.2 Å². The Balaban J connectivity index is 4.38. The maximum atomic E-state index is 12.4. The van der Waals surface area contributed by atoms with Gasteiger partial charge in [0.2, 0.25) is 0 Å². The van der Waals surface area contributed by atoms with E-state index >= 15 is 0 Å². The third-order valence-corrected chi connectivity index (χ3v) is 2.54. The van der Waals surface area contributed by atoms with Gasteiger partial charge in [0, 0.05) is 25.2 Å². The molecule has 0 saturated heterocycles. The lowest BCUT2D eigenvalue weighted by molar-refractivity contribution is -0.150. The third kappa shape index (κ3) is 8.40. The van der Waals surface area contributed by atoms with Crippen LogP contribution in [0.3, 0.4) is 0 Å². The van der Waals surface area contributed by atoms with Gasteiger partial charge in [-0.05, 0) is 26.8 Å². The van der Waals surface area contributed by atoms with E-state index in [0.717, 1.165) is 0 Å². The summed E-state index contributed by atoms with van der Waals surface area (Å²) in [5.74, 6) is 0. The Morgan fingerprint density at radius 1 is 1.29 bits per heavy atom. The lowest BCUT2D eigenvalue weighted by atomic mass is 10.1. The van der Waals surface area contributed by atoms with Gasteiger partial charge in [-0.25, -0.2) is 0 Å². The molecule has 1 unspecified atom stereocenters. The van der Waals surface area contributed by atoms with Crippen molar-refractivity contribution in [3.8, 4) is 0 Å². The van der Waals surface area contributed by atoms with E-state index in [9.17, 15) is 13.2 Å². The van der Waals surface area contributed by atoms with Gasteiger partial charge in [0.25, 0.3) is 0 Å². The molecule has 0 amide bonds. The van der Waals surface area contributed by atoms with Crippen LogP contribution in [0.4, 0.5) is 13.2 Å². The fourth-order valence-corrected chi connectivity index (χ4v) is 1.67. The Morgan fingerprint density at radius 3 is 2.24 bits per heavy atom. The first kappa shape index (κ1) is 16.7. The molecule has 0 aromatic rings. The molecule has 0 bridgehead atoms. The monoisotopic (exact) mass is 256 g/mol. The molecule has 0 aromatic heterocycles. The van der Waals surface area contributed by atoms with Crippen LogP contribution >= 0.6 is 0 Å². The van der Waals surface area contributed by atoms with E-state index in [0.29, 0.717) is 19.5 Å². The maximum absolute atomic E-state index is 12.4. The summed E-state index contributed by atoms with van der Waals surface area (Å²) in [5, 5.41) is 12.0. The summed E-state index contributed by atoms with van der Waals surface area (Å²) in [7, 11) is 0. The predicted octanol–water partition coefficient (Wildman–Crippen LogP) is 1.62. The number of nitrogens with one attached hydrogen (secondary N) is 1. The number of likely N-dealkylation sites (N-methyl/N-ethyl adjacent to an activating group) is 1. The number of aliphatic hydroxyl groups is 1. The molecular weight excluding hydrogens is 233 g/mol. The molecule has 0 saturated carbocycles. The average Bonchev–Trinajstić information content (AvgIpc) is 2.15. The van der Waals surface area contributed by atoms with E-state index in [1.54, 1.807) is 13.8 Å². The van der Waals surface area contributed by atoms with Gasteiger partial charge in [-0.2, -0.15) is 13.2 Å². The van der Waals surface area contributed by atoms with E-state index in [-0.39, 0.29) is 18.7 Å². The second kappa shape index (κ2) is 7.89. The predicted molar refractivity (Wildman–Crippen MR) is 61.9 cm³/mol. The first-order valence-electron chi connectivity index (χ1n) is 5.95. The van der Waals surface area contributed by atoms with Crippen molar-refractivity contribution >= 4 is 0 Å². The second-order valence-corrected chi connectivity index (χ2v) is 4.41. The van der Waals surface area contributed by atoms with E-state index in [2.05, 4.69) is 5.32 Å². The van der Waals surface area contributed by atoms with Gasteiger partial charge in [-0.3, -0.25) is 4.90 Å². The summed E-state index contributed by atoms with van der Waals surface area (Å²) >= 11 is 0. The molecular formula is C11H23F3N2O. The van der Waals surface area contributed by atoms with Gasteiger partial charge < -0.3 is 10.4 Å². The normalized spacial score (nSPS) is 14.6. The Hall–Kier alpha value is -0.330. The van der Waals surface area contributed by atoms with E-state index in [4.69, 9.17) is 5.11 Å². The van der Waals surface area contributed by atoms with Crippen LogP contribution in [-0.4, -0.2) is 54.5 Å². The van der Waals surface area contributed by atoms with Gasteiger partial charge >= 0.3 is 6.18 Å². The molecule has 3 nitrogen and oxygen atoms in total. The van der Waals surface area contributed by atoms with Crippen LogP contribution in [0.25, 0.3) is 0 Å². The Kier molecular flexibility index (Phi) is 7.74. The number of alkyl halides is 3. The van der Waals surface area contributed by atoms with Gasteiger partial charge in [-0.1, -0.05) is 6.92 Å². The second-order valence-electron chi connectivity index (χ2n) is 4.41. The van der Waals surface area contributed by atoms with Crippen molar-refractivity contribution in [1.29, 1.82) is 0 Å². The zero-order valence-electron chi connectivity index (χ0n) is 10.7. The summed E-state index contributed by atoms with van der Waals surface area (Å²) in [6, 6.07) is -0.272. The molecule has 0 spiro atoms. The lowest BCUT2D eigenvalue weighted by Crippen LogP contribution is -2.47. The van der Waals surface area contributed by atoms with E-state index < -0.39 is 12.7 Å². The van der Waals surface area contributed by atoms with Crippen LogP contribution in [0.5, 0.6) is 0 Å². The average molecular weight is 256 g/mol. The summed E-state index contributed by atoms with van der Waals surface area (Å²) in [6.07, 6.45) is -3.71. The van der Waals surface area contributed by atoms with Gasteiger partial charge in [0.1, 0.15) is 0 Å². The Bertz CT molecular complexity index is 192.